The quantitative estimate of drug-likeness (QED) is 0.0233. The first kappa shape index (κ1) is 133. The number of aryl methyl sites for hydroxylation is 1. The lowest BCUT2D eigenvalue weighted by Gasteiger charge is -2.14. The number of imidazole rings is 1. The summed E-state index contributed by atoms with van der Waals surface area (Å²) in [6.07, 6.45) is 29.5. The first-order chi connectivity index (χ1) is 71.3. The number of carboxylic acids is 4. The molecule has 0 radical (unpaired) electrons. The number of aromatic carboxylic acids is 2. The molecule has 0 aliphatic heterocycles. The van der Waals surface area contributed by atoms with Gasteiger partial charge in [0.1, 0.15) is 78.7 Å². The fraction of sp³-hybridized carbons (Fsp3) is 0.701. The Bertz CT molecular complexity index is 4220. The number of nitrogens with zero attached hydrogens (tertiary/aromatic N) is 1. The van der Waals surface area contributed by atoms with E-state index in [2.05, 4.69) is 48.8 Å². The second kappa shape index (κ2) is 89.1. The van der Waals surface area contributed by atoms with Crippen LogP contribution in [0.4, 0.5) is 0 Å². The van der Waals surface area contributed by atoms with Crippen LogP contribution >= 0.6 is 0 Å². The summed E-state index contributed by atoms with van der Waals surface area (Å²) in [7, 11) is 0. The Morgan fingerprint density at radius 1 is 0.345 bits per heavy atom. The van der Waals surface area contributed by atoms with E-state index in [1.165, 1.54) is 38.1 Å². The van der Waals surface area contributed by atoms with Gasteiger partial charge in [0, 0.05) is 137 Å². The van der Waals surface area contributed by atoms with E-state index in [0.717, 1.165) is 115 Å². The number of hydrogen-bond donors (Lipinski definition) is 13. The molecular weight excluding hydrogens is 1920 g/mol. The fourth-order valence-electron chi connectivity index (χ4n) is 15.3. The number of hydrogen-bond acceptors (Lipinski definition) is 30. The van der Waals surface area contributed by atoms with Crippen molar-refractivity contribution in [3.8, 4) is 11.5 Å². The number of aromatic amines is 1. The number of ether oxygens (including phenoxy) is 10. The van der Waals surface area contributed by atoms with Gasteiger partial charge in [-0.25, -0.2) is 19.4 Å². The molecule has 0 spiro atoms. The van der Waals surface area contributed by atoms with Crippen molar-refractivity contribution in [2.75, 3.05) is 152 Å². The lowest BCUT2D eigenvalue weighted by atomic mass is 9.93. The topological polar surface area (TPSA) is 616 Å². The van der Waals surface area contributed by atoms with E-state index in [9.17, 15) is 91.7 Å². The molecule has 6 amide bonds. The molecule has 6 atom stereocenters. The summed E-state index contributed by atoms with van der Waals surface area (Å²) in [5, 5.41) is 53.4. The average molecular weight is 2100 g/mol. The SMILES string of the molecule is CC(=O)C[C@@H](CCCCNC(=O)COCCOCCCC(=O)[C@@H](N)CCCCNC(=O)COCCOCCCC(=O)CC[C@H](NC(=O)CCCCCCCCCOc1ccc(C(=O)O)cc1)C(=O)O)C(C)=O.CC(CCCCNC(=O)COCCOCCNC(=O)[C@@H](N)CCCCCC(=O)COCCOCCNC(=O)CC[C@H](CC(=O)CCCCCCCCCOc1ccc(C(=O)O)cc1)C(=O)O)CC(=O)CCc1cnc[nH]1.[HH].[HH]. The molecular formula is C107H176N10O31. The van der Waals surface area contributed by atoms with E-state index in [-0.39, 0.29) is 259 Å². The number of amides is 6. The Morgan fingerprint density at radius 3 is 1.26 bits per heavy atom. The Kier molecular flexibility index (Phi) is 80.2. The highest BCUT2D eigenvalue weighted by Crippen LogP contribution is 2.22. The Hall–Kier alpha value is -10.8. The third-order valence-corrected chi connectivity index (χ3v) is 23.9. The number of nitrogens with two attached hydrogens (primary N) is 2. The number of rotatable bonds is 100. The number of Topliss-reactive ketones (excluding diaryl/α,β-unsaturated/α-hetero) is 7. The van der Waals surface area contributed by atoms with E-state index in [1.54, 1.807) is 36.8 Å². The van der Waals surface area contributed by atoms with Crippen LogP contribution in [0.5, 0.6) is 11.5 Å². The number of nitrogens with one attached hydrogen (secondary N) is 7. The van der Waals surface area contributed by atoms with E-state index >= 15 is 0 Å². The Morgan fingerprint density at radius 2 is 0.770 bits per heavy atom. The minimum Gasteiger partial charge on any atom is -0.494 e. The zero-order chi connectivity index (χ0) is 109. The number of unbranched alkanes of at least 4 members (excludes halogenated alkanes) is 17. The largest absolute Gasteiger partial charge is 0.494 e. The van der Waals surface area contributed by atoms with E-state index in [0.29, 0.717) is 173 Å². The van der Waals surface area contributed by atoms with Crippen molar-refractivity contribution >= 4 is 99.8 Å². The van der Waals surface area contributed by atoms with E-state index in [1.807, 2.05) is 0 Å². The Labute approximate surface area is 875 Å². The molecule has 1 heterocycles. The van der Waals surface area contributed by atoms with Gasteiger partial charge < -0.3 is 121 Å². The van der Waals surface area contributed by atoms with Crippen LogP contribution in [0.3, 0.4) is 0 Å². The molecule has 840 valence electrons. The van der Waals surface area contributed by atoms with Crippen LogP contribution in [-0.4, -0.2) is 300 Å². The molecule has 3 rings (SSSR count). The number of benzene rings is 2. The molecule has 0 bridgehead atoms. The van der Waals surface area contributed by atoms with Crippen molar-refractivity contribution in [2.24, 2.45) is 29.2 Å². The zero-order valence-electron chi connectivity index (χ0n) is 87.8. The molecule has 2 aromatic carbocycles. The standard InChI is InChI=1S/C55H88N6O15.C52H84N4O16.2H2/c1-42(36-47(63)22-21-45-38-57-41-61-45)14-11-12-26-58-52(66)40-75-35-33-73-31-28-60-53(67)50(56)17-10-7-9-16-48(64)39-74-34-32-72-30-27-59-51(65)25-20-44(55(70)71)37-46(62)15-8-5-3-2-4-6-13-29-76-49-23-18-43(19-24-49)54(68)69;1-39(57)36-42(40(2)58)16-9-11-27-54-49(62)37-71-35-33-69-30-15-19-47(60)45(53)18-10-12-28-55-50(63)38-70-34-32-68-29-14-17-43(59)23-26-46(52(66)67)56-48(61)20-8-6-4-3-5-7-13-31-72-44-24-21-41(22-25-44)51(64)65;;/h18-19,23-24,38,41-42,44,50H,2-17,20-22,25-37,39-40,56H2,1H3,(H,57,61)(H,58,66)(H,59,65)(H,60,67)(H,68,69)(H,70,71);21-22,24-25,42,45-46H,3-20,23,26-38,53H2,1-2H3,(H,54,62)(H,55,63)(H,56,61)(H,64,65)(H,66,67);2*1H/t42?,44-,50+;42-,45+,46+;;/m11../s1. The second-order valence-electron chi connectivity index (χ2n) is 37.2. The molecule has 0 saturated carbocycles. The highest BCUT2D eigenvalue weighted by atomic mass is 16.5. The van der Waals surface area contributed by atoms with Crippen molar-refractivity contribution in [2.45, 2.75) is 315 Å². The van der Waals surface area contributed by atoms with Crippen LogP contribution in [0.25, 0.3) is 0 Å². The third-order valence-electron chi connectivity index (χ3n) is 23.9. The number of H-pyrrole nitrogens is 1. The van der Waals surface area contributed by atoms with Crippen LogP contribution in [0.1, 0.15) is 320 Å². The van der Waals surface area contributed by atoms with Gasteiger partial charge in [-0.05, 0) is 177 Å². The summed E-state index contributed by atoms with van der Waals surface area (Å²) in [4.78, 5) is 210. The summed E-state index contributed by atoms with van der Waals surface area (Å²) in [5.74, 6) is -5.64. The smallest absolute Gasteiger partial charge is 0.335 e. The monoisotopic (exact) mass is 2100 g/mol. The highest BCUT2D eigenvalue weighted by Gasteiger charge is 2.25. The minimum absolute atomic E-state index is 0. The highest BCUT2D eigenvalue weighted by molar-refractivity contribution is 5.90. The predicted octanol–water partition coefficient (Wildman–Crippen LogP) is 11.3. The van der Waals surface area contributed by atoms with Crippen molar-refractivity contribution in [3.05, 3.63) is 77.9 Å². The molecule has 1 aromatic heterocycles. The van der Waals surface area contributed by atoms with Gasteiger partial charge in [-0.3, -0.25) is 62.3 Å². The van der Waals surface area contributed by atoms with Crippen LogP contribution in [0.15, 0.2) is 61.1 Å². The molecule has 0 fully saturated rings. The van der Waals surface area contributed by atoms with E-state index < -0.39 is 47.9 Å². The molecule has 0 saturated heterocycles. The Balaban J connectivity index is 0.00000293. The molecule has 148 heavy (non-hydrogen) atoms. The number of aliphatic carboxylic acids is 2. The van der Waals surface area contributed by atoms with Gasteiger partial charge in [0.25, 0.3) is 0 Å². The number of aromatic nitrogens is 2. The van der Waals surface area contributed by atoms with Crippen molar-refractivity contribution in [1.82, 2.24) is 41.9 Å². The summed E-state index contributed by atoms with van der Waals surface area (Å²) in [5.41, 5.74) is 13.5. The van der Waals surface area contributed by atoms with Crippen molar-refractivity contribution in [1.29, 1.82) is 0 Å². The maximum Gasteiger partial charge on any atom is 0.335 e. The van der Waals surface area contributed by atoms with Crippen molar-refractivity contribution in [3.63, 3.8) is 0 Å². The summed E-state index contributed by atoms with van der Waals surface area (Å²) >= 11 is 0. The molecule has 41 heteroatoms. The molecule has 0 aliphatic rings. The van der Waals surface area contributed by atoms with Crippen LogP contribution < -0.4 is 52.8 Å². The molecule has 3 aromatic rings. The lowest BCUT2D eigenvalue weighted by molar-refractivity contribution is -0.144. The van der Waals surface area contributed by atoms with Crippen LogP contribution in [0.2, 0.25) is 0 Å². The maximum atomic E-state index is 12.5. The van der Waals surface area contributed by atoms with Crippen molar-refractivity contribution < 1.29 is 152 Å². The molecule has 41 nitrogen and oxygen atoms in total. The van der Waals surface area contributed by atoms with Gasteiger partial charge in [0.2, 0.25) is 35.4 Å². The van der Waals surface area contributed by atoms with Gasteiger partial charge in [0.05, 0.1) is 115 Å². The average Bonchev–Trinajstić information content (AvgIpc) is 0.965. The molecule has 1 unspecified atom stereocenters. The summed E-state index contributed by atoms with van der Waals surface area (Å²) in [6, 6.07) is 10.2. The number of carboxylic acid groups (broad SMARTS) is 4. The van der Waals surface area contributed by atoms with Gasteiger partial charge in [-0.2, -0.15) is 0 Å². The fourth-order valence-corrected chi connectivity index (χ4v) is 15.3. The second-order valence-corrected chi connectivity index (χ2v) is 37.2. The predicted molar refractivity (Wildman–Crippen MR) is 556 cm³/mol. The first-order valence-corrected chi connectivity index (χ1v) is 53.0. The van der Waals surface area contributed by atoms with Gasteiger partial charge in [0.15, 0.2) is 5.78 Å². The van der Waals surface area contributed by atoms with Gasteiger partial charge in [-0.15, -0.1) is 0 Å². The van der Waals surface area contributed by atoms with E-state index in [4.69, 9.17) is 69.0 Å². The number of carbonyl (C=O) groups excluding carboxylic acids is 13. The zero-order valence-corrected chi connectivity index (χ0v) is 87.8. The number of ketones is 7. The van der Waals surface area contributed by atoms with Gasteiger partial charge >= 0.3 is 23.9 Å². The first-order valence-electron chi connectivity index (χ1n) is 53.0. The summed E-state index contributed by atoms with van der Waals surface area (Å²) < 4.78 is 54.6. The lowest BCUT2D eigenvalue weighted by Crippen LogP contribution is -2.41. The molecule has 15 N–H and O–H groups in total. The van der Waals surface area contributed by atoms with Crippen LogP contribution in [0, 0.1) is 17.8 Å². The maximum absolute atomic E-state index is 12.5. The third kappa shape index (κ3) is 77.6. The summed E-state index contributed by atoms with van der Waals surface area (Å²) in [6.45, 7) is 10.7. The van der Waals surface area contributed by atoms with Crippen LogP contribution in [-0.2, 0) is 116 Å². The molecule has 0 aliphatic carbocycles. The normalized spacial score (nSPS) is 12.3. The minimum atomic E-state index is -1.18. The van der Waals surface area contributed by atoms with Gasteiger partial charge in [-0.1, -0.05) is 103 Å². The number of carbonyl (C=O) groups is 17.